The maximum atomic E-state index is 6.17. The molecule has 0 saturated carbocycles. The molecule has 0 amide bonds. The van der Waals surface area contributed by atoms with Crippen molar-refractivity contribution in [1.29, 1.82) is 0 Å². The summed E-state index contributed by atoms with van der Waals surface area (Å²) in [4.78, 5) is 0. The molecule has 0 unspecified atom stereocenters. The van der Waals surface area contributed by atoms with E-state index in [4.69, 9.17) is 44.9 Å². The molecule has 0 atom stereocenters. The fraction of sp³-hybridized carbons (Fsp3) is 0.182. The van der Waals surface area contributed by atoms with Crippen molar-refractivity contribution < 1.29 is 9.47 Å². The molecule has 1 aromatic carbocycles. The molecule has 1 N–H and O–H groups in total. The Morgan fingerprint density at radius 1 is 1.35 bits per heavy atom. The van der Waals surface area contributed by atoms with Gasteiger partial charge in [-0.15, -0.1) is 0 Å². The minimum Gasteiger partial charge on any atom is -0.494 e. The van der Waals surface area contributed by atoms with Crippen molar-refractivity contribution in [3.63, 3.8) is 0 Å². The van der Waals surface area contributed by atoms with Crippen molar-refractivity contribution in [2.24, 2.45) is 5.10 Å². The Labute approximate surface area is 129 Å². The van der Waals surface area contributed by atoms with Crippen LogP contribution in [0.15, 0.2) is 17.5 Å². The second kappa shape index (κ2) is 6.25. The molecule has 6 nitrogen and oxygen atoms in total. The van der Waals surface area contributed by atoms with E-state index in [1.54, 1.807) is 6.07 Å². The molecule has 0 saturated heterocycles. The van der Waals surface area contributed by atoms with Gasteiger partial charge in [0.15, 0.2) is 5.75 Å². The summed E-state index contributed by atoms with van der Waals surface area (Å²) in [5.41, 5.74) is 0.589. The molecular formula is C11H10Cl2N4O2S. The zero-order chi connectivity index (χ0) is 14.7. The number of benzene rings is 1. The van der Waals surface area contributed by atoms with Gasteiger partial charge in [0.05, 0.1) is 25.5 Å². The lowest BCUT2D eigenvalue weighted by Crippen LogP contribution is -1.97. The second-order valence-corrected chi connectivity index (χ2v) is 4.75. The highest BCUT2D eigenvalue weighted by atomic mass is 35.5. The molecule has 2 rings (SSSR count). The average Bonchev–Trinajstić information content (AvgIpc) is 2.82. The van der Waals surface area contributed by atoms with Gasteiger partial charge in [-0.2, -0.15) is 14.9 Å². The van der Waals surface area contributed by atoms with Crippen LogP contribution in [0.3, 0.4) is 0 Å². The molecule has 1 aromatic heterocycles. The number of aromatic amines is 1. The lowest BCUT2D eigenvalue weighted by molar-refractivity contribution is 0.394. The number of rotatable bonds is 4. The Hall–Kier alpha value is -1.57. The first kappa shape index (κ1) is 14.8. The third-order valence-electron chi connectivity index (χ3n) is 2.42. The summed E-state index contributed by atoms with van der Waals surface area (Å²) >= 11 is 17.2. The van der Waals surface area contributed by atoms with Crippen molar-refractivity contribution in [2.45, 2.75) is 0 Å². The topological polar surface area (TPSA) is 64.4 Å². The molecule has 0 bridgehead atoms. The molecule has 0 radical (unpaired) electrons. The van der Waals surface area contributed by atoms with Crippen molar-refractivity contribution in [2.75, 3.05) is 14.2 Å². The molecule has 0 aliphatic carbocycles. The van der Waals surface area contributed by atoms with Crippen LogP contribution in [-0.2, 0) is 0 Å². The summed E-state index contributed by atoms with van der Waals surface area (Å²) in [6, 6.07) is 1.64. The van der Waals surface area contributed by atoms with Gasteiger partial charge in [0, 0.05) is 5.56 Å². The van der Waals surface area contributed by atoms with E-state index < -0.39 is 0 Å². The molecule has 106 valence electrons. The SMILES string of the molecule is COc1c(Cl)cc(/C=N\n2cn[nH]c2=S)c(OC)c1Cl. The molecule has 0 fully saturated rings. The van der Waals surface area contributed by atoms with Gasteiger partial charge in [-0.25, -0.2) is 0 Å². The largest absolute Gasteiger partial charge is 0.494 e. The summed E-state index contributed by atoms with van der Waals surface area (Å²) in [5.74, 6) is 0.758. The fourth-order valence-electron chi connectivity index (χ4n) is 1.54. The van der Waals surface area contributed by atoms with Crippen LogP contribution in [0, 0.1) is 4.77 Å². The Morgan fingerprint density at radius 3 is 2.60 bits per heavy atom. The minimum atomic E-state index is 0.278. The van der Waals surface area contributed by atoms with Crippen LogP contribution in [0.2, 0.25) is 10.0 Å². The number of nitrogens with zero attached hydrogens (tertiary/aromatic N) is 3. The summed E-state index contributed by atoms with van der Waals surface area (Å²) in [7, 11) is 2.97. The highest BCUT2D eigenvalue weighted by Gasteiger charge is 2.16. The zero-order valence-corrected chi connectivity index (χ0v) is 12.9. The quantitative estimate of drug-likeness (QED) is 0.690. The molecule has 20 heavy (non-hydrogen) atoms. The van der Waals surface area contributed by atoms with E-state index in [0.717, 1.165) is 0 Å². The van der Waals surface area contributed by atoms with Gasteiger partial charge in [0.1, 0.15) is 17.1 Å². The first-order valence-corrected chi connectivity index (χ1v) is 6.51. The van der Waals surface area contributed by atoms with Crippen molar-refractivity contribution in [3.8, 4) is 11.5 Å². The normalized spacial score (nSPS) is 11.0. The fourth-order valence-corrected chi connectivity index (χ4v) is 2.39. The molecule has 2 aromatic rings. The van der Waals surface area contributed by atoms with Crippen LogP contribution in [0.5, 0.6) is 11.5 Å². The van der Waals surface area contributed by atoms with Gasteiger partial charge in [-0.3, -0.25) is 5.10 Å². The number of methoxy groups -OCH3 is 2. The van der Waals surface area contributed by atoms with Crippen molar-refractivity contribution in [1.82, 2.24) is 14.9 Å². The Balaban J connectivity index is 2.49. The predicted molar refractivity (Wildman–Crippen MR) is 80.0 cm³/mol. The van der Waals surface area contributed by atoms with Crippen LogP contribution in [0.4, 0.5) is 0 Å². The molecule has 1 heterocycles. The average molecular weight is 333 g/mol. The maximum Gasteiger partial charge on any atom is 0.216 e. The van der Waals surface area contributed by atoms with E-state index in [0.29, 0.717) is 26.9 Å². The van der Waals surface area contributed by atoms with E-state index in [1.807, 2.05) is 0 Å². The van der Waals surface area contributed by atoms with Crippen LogP contribution in [0.1, 0.15) is 5.56 Å². The van der Waals surface area contributed by atoms with Gasteiger partial charge >= 0.3 is 0 Å². The molecular weight excluding hydrogens is 323 g/mol. The van der Waals surface area contributed by atoms with Gasteiger partial charge in [-0.05, 0) is 18.3 Å². The summed E-state index contributed by atoms with van der Waals surface area (Å²) in [6.45, 7) is 0. The van der Waals surface area contributed by atoms with E-state index >= 15 is 0 Å². The summed E-state index contributed by atoms with van der Waals surface area (Å²) in [5, 5.41) is 11.1. The van der Waals surface area contributed by atoms with Crippen molar-refractivity contribution in [3.05, 3.63) is 32.8 Å². The van der Waals surface area contributed by atoms with E-state index in [1.165, 1.54) is 31.4 Å². The molecule has 0 aliphatic heterocycles. The number of hydrogen-bond acceptors (Lipinski definition) is 5. The van der Waals surface area contributed by atoms with E-state index in [2.05, 4.69) is 15.3 Å². The molecule has 0 aliphatic rings. The van der Waals surface area contributed by atoms with Crippen molar-refractivity contribution >= 4 is 41.6 Å². The van der Waals surface area contributed by atoms with Gasteiger partial charge in [-0.1, -0.05) is 23.2 Å². The Bertz CT molecular complexity index is 711. The maximum absolute atomic E-state index is 6.17. The van der Waals surface area contributed by atoms with E-state index in [9.17, 15) is 0 Å². The number of H-pyrrole nitrogens is 1. The van der Waals surface area contributed by atoms with Crippen LogP contribution in [0.25, 0.3) is 0 Å². The summed E-state index contributed by atoms with van der Waals surface area (Å²) < 4.78 is 12.1. The second-order valence-electron chi connectivity index (χ2n) is 3.58. The Kier molecular flexibility index (Phi) is 4.64. The smallest absolute Gasteiger partial charge is 0.216 e. The van der Waals surface area contributed by atoms with E-state index in [-0.39, 0.29) is 5.02 Å². The van der Waals surface area contributed by atoms with Crippen LogP contribution >= 0.6 is 35.4 Å². The number of nitrogens with one attached hydrogen (secondary N) is 1. The number of aromatic nitrogens is 3. The predicted octanol–water partition coefficient (Wildman–Crippen LogP) is 3.15. The minimum absolute atomic E-state index is 0.278. The number of hydrogen-bond donors (Lipinski definition) is 1. The third kappa shape index (κ3) is 2.79. The highest BCUT2D eigenvalue weighted by molar-refractivity contribution is 7.71. The van der Waals surface area contributed by atoms with Gasteiger partial charge < -0.3 is 9.47 Å². The number of halogens is 2. The monoisotopic (exact) mass is 332 g/mol. The zero-order valence-electron chi connectivity index (χ0n) is 10.6. The van der Waals surface area contributed by atoms with Crippen LogP contribution in [-0.4, -0.2) is 35.3 Å². The highest BCUT2D eigenvalue weighted by Crippen LogP contribution is 2.41. The van der Waals surface area contributed by atoms with Gasteiger partial charge in [0.25, 0.3) is 0 Å². The lowest BCUT2D eigenvalue weighted by Gasteiger charge is -2.12. The standard InChI is InChI=1S/C11H10Cl2N4O2S/c1-18-9-6(3-7(12)10(19-2)8(9)13)4-15-17-5-14-16-11(17)20/h3-5H,1-2H3,(H,16,20)/b15-4-. The first-order chi connectivity index (χ1) is 9.58. The third-order valence-corrected chi connectivity index (χ3v) is 3.33. The number of ether oxygens (including phenoxy) is 2. The molecule has 0 spiro atoms. The Morgan fingerprint density at radius 2 is 2.05 bits per heavy atom. The first-order valence-electron chi connectivity index (χ1n) is 5.34. The molecule has 9 heteroatoms. The summed E-state index contributed by atoms with van der Waals surface area (Å²) in [6.07, 6.45) is 2.96. The van der Waals surface area contributed by atoms with Crippen LogP contribution < -0.4 is 9.47 Å². The lowest BCUT2D eigenvalue weighted by atomic mass is 10.2. The van der Waals surface area contributed by atoms with Gasteiger partial charge in [0.2, 0.25) is 4.77 Å².